The second-order valence-corrected chi connectivity index (χ2v) is 7.91. The average Bonchev–Trinajstić information content (AvgIpc) is 3.36. The smallest absolute Gasteiger partial charge is 0.145 e. The van der Waals surface area contributed by atoms with Crippen molar-refractivity contribution in [2.75, 3.05) is 0 Å². The lowest BCUT2D eigenvalue weighted by Crippen LogP contribution is -2.30. The lowest BCUT2D eigenvalue weighted by Gasteiger charge is -2.26. The Kier molecular flexibility index (Phi) is 5.05. The maximum atomic E-state index is 6.38. The van der Waals surface area contributed by atoms with Crippen LogP contribution in [0.5, 0.6) is 0 Å². The summed E-state index contributed by atoms with van der Waals surface area (Å²) in [7, 11) is 0. The Morgan fingerprint density at radius 3 is 2.40 bits per heavy atom. The molecule has 6 heteroatoms. The number of hydrogen-bond acceptors (Lipinski definition) is 4. The van der Waals surface area contributed by atoms with E-state index in [1.165, 1.54) is 0 Å². The molecule has 1 heterocycles. The fourth-order valence-corrected chi connectivity index (χ4v) is 4.08. The summed E-state index contributed by atoms with van der Waals surface area (Å²) in [5.74, 6) is 1.37. The highest BCUT2D eigenvalue weighted by Gasteiger charge is 2.34. The summed E-state index contributed by atoms with van der Waals surface area (Å²) in [6.07, 6.45) is 6.57. The van der Waals surface area contributed by atoms with Crippen LogP contribution in [-0.2, 0) is 11.3 Å². The van der Waals surface area contributed by atoms with Crippen LogP contribution in [0.1, 0.15) is 55.8 Å². The summed E-state index contributed by atoms with van der Waals surface area (Å²) < 4.78 is 11.9. The van der Waals surface area contributed by atoms with E-state index in [4.69, 9.17) is 38.2 Å². The molecule has 2 aromatic rings. The SMILES string of the molecule is NC1CCC(OCc2c(-c3c(Cl)cccc3Cl)noc2C2CC2)CC1. The van der Waals surface area contributed by atoms with Crippen molar-refractivity contribution in [2.45, 2.75) is 63.2 Å². The van der Waals surface area contributed by atoms with Crippen molar-refractivity contribution in [3.8, 4) is 11.3 Å². The molecule has 0 bridgehead atoms. The Morgan fingerprint density at radius 1 is 1.08 bits per heavy atom. The van der Waals surface area contributed by atoms with Gasteiger partial charge in [0, 0.05) is 23.1 Å². The Labute approximate surface area is 157 Å². The molecule has 1 aromatic carbocycles. The first-order valence-corrected chi connectivity index (χ1v) is 9.69. The highest BCUT2D eigenvalue weighted by molar-refractivity contribution is 6.39. The minimum absolute atomic E-state index is 0.247. The first-order valence-electron chi connectivity index (χ1n) is 8.93. The van der Waals surface area contributed by atoms with E-state index in [9.17, 15) is 0 Å². The van der Waals surface area contributed by atoms with Crippen LogP contribution in [0.2, 0.25) is 10.0 Å². The van der Waals surface area contributed by atoms with Gasteiger partial charge in [-0.05, 0) is 50.7 Å². The van der Waals surface area contributed by atoms with Crippen molar-refractivity contribution in [2.24, 2.45) is 5.73 Å². The van der Waals surface area contributed by atoms with E-state index >= 15 is 0 Å². The van der Waals surface area contributed by atoms with Gasteiger partial charge in [-0.2, -0.15) is 0 Å². The van der Waals surface area contributed by atoms with E-state index in [1.54, 1.807) is 0 Å². The van der Waals surface area contributed by atoms with Crippen LogP contribution in [0.3, 0.4) is 0 Å². The molecule has 2 aliphatic rings. The molecular formula is C19H22Cl2N2O2. The minimum Gasteiger partial charge on any atom is -0.373 e. The highest BCUT2D eigenvalue weighted by Crippen LogP contribution is 2.46. The molecule has 2 saturated carbocycles. The van der Waals surface area contributed by atoms with Gasteiger partial charge in [0.05, 0.1) is 22.8 Å². The number of hydrogen-bond donors (Lipinski definition) is 1. The largest absolute Gasteiger partial charge is 0.373 e. The fourth-order valence-electron chi connectivity index (χ4n) is 3.50. The molecule has 0 amide bonds. The predicted molar refractivity (Wildman–Crippen MR) is 99.0 cm³/mol. The second-order valence-electron chi connectivity index (χ2n) is 7.09. The van der Waals surface area contributed by atoms with Crippen molar-refractivity contribution in [1.29, 1.82) is 0 Å². The van der Waals surface area contributed by atoms with Crippen LogP contribution < -0.4 is 5.73 Å². The van der Waals surface area contributed by atoms with E-state index in [-0.39, 0.29) is 6.10 Å². The number of aromatic nitrogens is 1. The molecule has 0 spiro atoms. The van der Waals surface area contributed by atoms with E-state index < -0.39 is 0 Å². The Hall–Kier alpha value is -1.07. The molecule has 2 fully saturated rings. The Bertz CT molecular complexity index is 730. The van der Waals surface area contributed by atoms with Gasteiger partial charge in [0.2, 0.25) is 0 Å². The molecule has 4 nitrogen and oxygen atoms in total. The van der Waals surface area contributed by atoms with E-state index in [0.29, 0.717) is 34.3 Å². The molecule has 0 unspecified atom stereocenters. The number of nitrogens with zero attached hydrogens (tertiary/aromatic N) is 1. The Morgan fingerprint density at radius 2 is 1.76 bits per heavy atom. The monoisotopic (exact) mass is 380 g/mol. The number of nitrogens with two attached hydrogens (primary N) is 1. The van der Waals surface area contributed by atoms with E-state index in [2.05, 4.69) is 5.16 Å². The first-order chi connectivity index (χ1) is 12.1. The molecule has 2 N–H and O–H groups in total. The molecule has 25 heavy (non-hydrogen) atoms. The summed E-state index contributed by atoms with van der Waals surface area (Å²) in [4.78, 5) is 0. The molecule has 2 aliphatic carbocycles. The van der Waals surface area contributed by atoms with Crippen molar-refractivity contribution < 1.29 is 9.26 Å². The Balaban J connectivity index is 1.60. The topological polar surface area (TPSA) is 61.3 Å². The van der Waals surface area contributed by atoms with Crippen LogP contribution in [0.15, 0.2) is 22.7 Å². The summed E-state index contributed by atoms with van der Waals surface area (Å²) in [5.41, 5.74) is 8.42. The lowest BCUT2D eigenvalue weighted by molar-refractivity contribution is 0.0134. The third-order valence-corrected chi connectivity index (χ3v) is 5.78. The summed E-state index contributed by atoms with van der Waals surface area (Å²) >= 11 is 12.8. The normalized spacial score (nSPS) is 23.8. The molecule has 0 saturated heterocycles. The van der Waals surface area contributed by atoms with Gasteiger partial charge in [0.1, 0.15) is 11.5 Å². The maximum absolute atomic E-state index is 6.38. The molecule has 0 radical (unpaired) electrons. The van der Waals surface area contributed by atoms with E-state index in [0.717, 1.165) is 55.4 Å². The molecule has 0 aliphatic heterocycles. The van der Waals surface area contributed by atoms with Gasteiger partial charge in [-0.15, -0.1) is 0 Å². The highest BCUT2D eigenvalue weighted by atomic mass is 35.5. The van der Waals surface area contributed by atoms with Crippen LogP contribution in [0.4, 0.5) is 0 Å². The second kappa shape index (κ2) is 7.28. The number of halogens is 2. The van der Waals surface area contributed by atoms with Gasteiger partial charge < -0.3 is 15.0 Å². The van der Waals surface area contributed by atoms with Gasteiger partial charge in [-0.1, -0.05) is 34.4 Å². The molecular weight excluding hydrogens is 359 g/mol. The standard InChI is InChI=1S/C19H22Cl2N2O2/c20-15-2-1-3-16(21)17(15)18-14(19(25-23-18)11-4-5-11)10-24-13-8-6-12(22)7-9-13/h1-3,11-13H,4-10,22H2. The van der Waals surface area contributed by atoms with Crippen molar-refractivity contribution >= 4 is 23.2 Å². The summed E-state index contributed by atoms with van der Waals surface area (Å²) in [6, 6.07) is 5.79. The summed E-state index contributed by atoms with van der Waals surface area (Å²) in [5, 5.41) is 5.45. The van der Waals surface area contributed by atoms with Crippen LogP contribution in [0, 0.1) is 0 Å². The van der Waals surface area contributed by atoms with Crippen molar-refractivity contribution in [1.82, 2.24) is 5.16 Å². The zero-order chi connectivity index (χ0) is 17.4. The third kappa shape index (κ3) is 3.72. The molecule has 4 rings (SSSR count). The van der Waals surface area contributed by atoms with Gasteiger partial charge in [0.25, 0.3) is 0 Å². The quantitative estimate of drug-likeness (QED) is 0.762. The van der Waals surface area contributed by atoms with Crippen LogP contribution >= 0.6 is 23.2 Å². The van der Waals surface area contributed by atoms with Gasteiger partial charge >= 0.3 is 0 Å². The third-order valence-electron chi connectivity index (χ3n) is 5.15. The lowest BCUT2D eigenvalue weighted by atomic mass is 9.93. The van der Waals surface area contributed by atoms with E-state index in [1.807, 2.05) is 18.2 Å². The molecule has 0 atom stereocenters. The van der Waals surface area contributed by atoms with Gasteiger partial charge in [-0.3, -0.25) is 0 Å². The van der Waals surface area contributed by atoms with Gasteiger partial charge in [-0.25, -0.2) is 0 Å². The maximum Gasteiger partial charge on any atom is 0.145 e. The minimum atomic E-state index is 0.247. The zero-order valence-electron chi connectivity index (χ0n) is 14.0. The van der Waals surface area contributed by atoms with Crippen LogP contribution in [-0.4, -0.2) is 17.3 Å². The number of ether oxygens (including phenoxy) is 1. The van der Waals surface area contributed by atoms with Gasteiger partial charge in [0.15, 0.2) is 0 Å². The average molecular weight is 381 g/mol. The summed E-state index contributed by atoms with van der Waals surface area (Å²) in [6.45, 7) is 0.478. The van der Waals surface area contributed by atoms with Crippen molar-refractivity contribution in [3.05, 3.63) is 39.6 Å². The molecule has 134 valence electrons. The first kappa shape index (κ1) is 17.3. The number of rotatable bonds is 5. The van der Waals surface area contributed by atoms with Crippen LogP contribution in [0.25, 0.3) is 11.3 Å². The number of benzene rings is 1. The molecule has 1 aromatic heterocycles. The predicted octanol–water partition coefficient (Wildman–Crippen LogP) is 5.31. The fraction of sp³-hybridized carbons (Fsp3) is 0.526. The van der Waals surface area contributed by atoms with Crippen molar-refractivity contribution in [3.63, 3.8) is 0 Å². The zero-order valence-corrected chi connectivity index (χ0v) is 15.5.